The quantitative estimate of drug-likeness (QED) is 0.689. The molecule has 3 nitrogen and oxygen atoms in total. The van der Waals surface area contributed by atoms with Gasteiger partial charge in [0.05, 0.1) is 11.4 Å². The first-order chi connectivity index (χ1) is 9.16. The summed E-state index contributed by atoms with van der Waals surface area (Å²) >= 11 is 3.40. The highest BCUT2D eigenvalue weighted by molar-refractivity contribution is 9.10. The third kappa shape index (κ3) is 2.08. The van der Waals surface area contributed by atoms with E-state index in [9.17, 15) is 4.79 Å². The van der Waals surface area contributed by atoms with Gasteiger partial charge in [0.15, 0.2) is 0 Å². The number of nitrogens with zero attached hydrogens (tertiary/aromatic N) is 2. The molecule has 1 aromatic heterocycles. The molecule has 1 heterocycles. The number of hydrogen-bond donors (Lipinski definition) is 0. The first-order valence-electron chi connectivity index (χ1n) is 5.91. The second-order valence-electron chi connectivity index (χ2n) is 4.32. The number of aromatic nitrogens is 2. The summed E-state index contributed by atoms with van der Waals surface area (Å²) in [6.45, 7) is 1.91. The van der Waals surface area contributed by atoms with Gasteiger partial charge in [0, 0.05) is 9.86 Å². The van der Waals surface area contributed by atoms with Crippen LogP contribution in [0.25, 0.3) is 16.6 Å². The topological polar surface area (TPSA) is 34.9 Å². The number of aryl methyl sites for hydroxylation is 1. The van der Waals surface area contributed by atoms with Crippen molar-refractivity contribution in [2.75, 3.05) is 0 Å². The minimum atomic E-state index is -0.0245. The predicted molar refractivity (Wildman–Crippen MR) is 79.8 cm³/mol. The standard InChI is InChI=1S/C15H11BrN2O/c1-10-13-4-2-3-5-14(19)15(13)18(17-10)12-8-6-11(16)7-9-12/h2-9H,1H3. The summed E-state index contributed by atoms with van der Waals surface area (Å²) in [5.74, 6) is 0. The molecule has 0 aliphatic rings. The van der Waals surface area contributed by atoms with Gasteiger partial charge in [-0.3, -0.25) is 4.79 Å². The fraction of sp³-hybridized carbons (Fsp3) is 0.0667. The van der Waals surface area contributed by atoms with E-state index < -0.39 is 0 Å². The van der Waals surface area contributed by atoms with E-state index in [4.69, 9.17) is 0 Å². The summed E-state index contributed by atoms with van der Waals surface area (Å²) in [6.07, 6.45) is 0. The summed E-state index contributed by atoms with van der Waals surface area (Å²) in [5.41, 5.74) is 2.32. The number of benzene rings is 1. The molecule has 0 saturated carbocycles. The van der Waals surface area contributed by atoms with Gasteiger partial charge in [0.25, 0.3) is 0 Å². The van der Waals surface area contributed by atoms with Crippen LogP contribution in [0.2, 0.25) is 0 Å². The van der Waals surface area contributed by atoms with Crippen molar-refractivity contribution in [2.45, 2.75) is 6.92 Å². The maximum absolute atomic E-state index is 12.2. The molecule has 19 heavy (non-hydrogen) atoms. The Morgan fingerprint density at radius 1 is 1.05 bits per heavy atom. The van der Waals surface area contributed by atoms with Gasteiger partial charge in [0.1, 0.15) is 5.52 Å². The van der Waals surface area contributed by atoms with Gasteiger partial charge in [-0.2, -0.15) is 5.10 Å². The van der Waals surface area contributed by atoms with Gasteiger partial charge in [-0.1, -0.05) is 34.1 Å². The zero-order valence-electron chi connectivity index (χ0n) is 10.3. The molecule has 0 radical (unpaired) electrons. The minimum Gasteiger partial charge on any atom is -0.288 e. The molecule has 0 spiro atoms. The number of halogens is 1. The van der Waals surface area contributed by atoms with E-state index in [0.29, 0.717) is 5.52 Å². The maximum atomic E-state index is 12.2. The lowest BCUT2D eigenvalue weighted by Gasteiger charge is -2.02. The Morgan fingerprint density at radius 3 is 2.47 bits per heavy atom. The molecular formula is C15H11BrN2O. The lowest BCUT2D eigenvalue weighted by Crippen LogP contribution is -2.04. The SMILES string of the molecule is Cc1nn(-c2ccc(Br)cc2)c2c(=O)ccccc12. The first kappa shape index (κ1) is 12.1. The Hall–Kier alpha value is -1.94. The molecule has 0 aliphatic carbocycles. The summed E-state index contributed by atoms with van der Waals surface area (Å²) in [6, 6.07) is 14.9. The van der Waals surface area contributed by atoms with E-state index in [1.165, 1.54) is 0 Å². The van der Waals surface area contributed by atoms with Crippen LogP contribution in [0.5, 0.6) is 0 Å². The Balaban J connectivity index is 2.40. The van der Waals surface area contributed by atoms with Gasteiger partial charge in [-0.25, -0.2) is 4.68 Å². The second-order valence-corrected chi connectivity index (χ2v) is 5.23. The van der Waals surface area contributed by atoms with E-state index in [1.54, 1.807) is 16.8 Å². The highest BCUT2D eigenvalue weighted by atomic mass is 79.9. The van der Waals surface area contributed by atoms with Gasteiger partial charge >= 0.3 is 0 Å². The van der Waals surface area contributed by atoms with E-state index in [-0.39, 0.29) is 5.43 Å². The van der Waals surface area contributed by atoms with Crippen molar-refractivity contribution in [3.63, 3.8) is 0 Å². The highest BCUT2D eigenvalue weighted by Crippen LogP contribution is 2.19. The number of hydrogen-bond acceptors (Lipinski definition) is 2. The second kappa shape index (κ2) is 4.63. The van der Waals surface area contributed by atoms with Crippen LogP contribution >= 0.6 is 15.9 Å². The maximum Gasteiger partial charge on any atom is 0.204 e. The zero-order chi connectivity index (χ0) is 13.4. The molecule has 3 rings (SSSR count). The molecular weight excluding hydrogens is 304 g/mol. The Labute approximate surface area is 118 Å². The Bertz CT molecular complexity index is 806. The van der Waals surface area contributed by atoms with Crippen molar-refractivity contribution in [1.29, 1.82) is 0 Å². The van der Waals surface area contributed by atoms with Crippen LogP contribution in [0.3, 0.4) is 0 Å². The summed E-state index contributed by atoms with van der Waals surface area (Å²) in [4.78, 5) is 12.2. The Kier molecular flexibility index (Phi) is 2.95. The van der Waals surface area contributed by atoms with Crippen molar-refractivity contribution in [1.82, 2.24) is 9.78 Å². The lowest BCUT2D eigenvalue weighted by atomic mass is 10.2. The number of fused-ring (bicyclic) bond motifs is 1. The normalized spacial score (nSPS) is 10.8. The van der Waals surface area contributed by atoms with E-state index in [0.717, 1.165) is 21.2 Å². The highest BCUT2D eigenvalue weighted by Gasteiger charge is 2.10. The van der Waals surface area contributed by atoms with Crippen molar-refractivity contribution in [3.05, 3.63) is 68.9 Å². The van der Waals surface area contributed by atoms with Gasteiger partial charge in [-0.15, -0.1) is 0 Å². The van der Waals surface area contributed by atoms with Crippen LogP contribution in [0, 0.1) is 6.92 Å². The predicted octanol–water partition coefficient (Wildman–Crippen LogP) is 3.46. The Morgan fingerprint density at radius 2 is 1.74 bits per heavy atom. The average Bonchev–Trinajstić information content (AvgIpc) is 2.60. The molecule has 0 bridgehead atoms. The van der Waals surface area contributed by atoms with Crippen LogP contribution in [-0.4, -0.2) is 9.78 Å². The van der Waals surface area contributed by atoms with Crippen LogP contribution < -0.4 is 5.43 Å². The molecule has 0 unspecified atom stereocenters. The lowest BCUT2D eigenvalue weighted by molar-refractivity contribution is 0.886. The molecule has 0 N–H and O–H groups in total. The third-order valence-electron chi connectivity index (χ3n) is 3.03. The third-order valence-corrected chi connectivity index (χ3v) is 3.56. The fourth-order valence-corrected chi connectivity index (χ4v) is 2.38. The van der Waals surface area contributed by atoms with Gasteiger partial charge in [0.2, 0.25) is 5.43 Å². The van der Waals surface area contributed by atoms with Crippen LogP contribution in [0.15, 0.2) is 57.8 Å². The van der Waals surface area contributed by atoms with E-state index >= 15 is 0 Å². The summed E-state index contributed by atoms with van der Waals surface area (Å²) in [5, 5.41) is 5.37. The average molecular weight is 315 g/mol. The van der Waals surface area contributed by atoms with Crippen molar-refractivity contribution < 1.29 is 0 Å². The molecule has 0 aliphatic heterocycles. The molecule has 0 saturated heterocycles. The van der Waals surface area contributed by atoms with E-state index in [2.05, 4.69) is 21.0 Å². The summed E-state index contributed by atoms with van der Waals surface area (Å²) < 4.78 is 2.71. The molecule has 94 valence electrons. The monoisotopic (exact) mass is 314 g/mol. The van der Waals surface area contributed by atoms with Crippen LogP contribution in [-0.2, 0) is 0 Å². The molecule has 0 fully saturated rings. The summed E-state index contributed by atoms with van der Waals surface area (Å²) in [7, 11) is 0. The van der Waals surface area contributed by atoms with Crippen LogP contribution in [0.4, 0.5) is 0 Å². The smallest absolute Gasteiger partial charge is 0.204 e. The zero-order valence-corrected chi connectivity index (χ0v) is 11.9. The van der Waals surface area contributed by atoms with Crippen molar-refractivity contribution in [3.8, 4) is 5.69 Å². The first-order valence-corrected chi connectivity index (χ1v) is 6.71. The molecule has 0 amide bonds. The van der Waals surface area contributed by atoms with Crippen LogP contribution in [0.1, 0.15) is 5.69 Å². The van der Waals surface area contributed by atoms with Gasteiger partial charge in [-0.05, 0) is 37.3 Å². The number of rotatable bonds is 1. The molecule has 4 heteroatoms. The fourth-order valence-electron chi connectivity index (χ4n) is 2.12. The van der Waals surface area contributed by atoms with E-state index in [1.807, 2.05) is 43.3 Å². The van der Waals surface area contributed by atoms with Crippen molar-refractivity contribution in [2.24, 2.45) is 0 Å². The molecule has 0 atom stereocenters. The largest absolute Gasteiger partial charge is 0.288 e. The molecule has 3 aromatic rings. The van der Waals surface area contributed by atoms with Crippen molar-refractivity contribution >= 4 is 26.8 Å². The minimum absolute atomic E-state index is 0.0245. The van der Waals surface area contributed by atoms with Gasteiger partial charge < -0.3 is 0 Å². The molecule has 2 aromatic carbocycles.